The molecule has 1 rings (SSSR count). The Morgan fingerprint density at radius 3 is 2.32 bits per heavy atom. The molecule has 0 spiro atoms. The Kier molecular flexibility index (Phi) is 6.37. The quantitative estimate of drug-likeness (QED) is 0.804. The minimum absolute atomic E-state index is 0.172. The van der Waals surface area contributed by atoms with Crippen LogP contribution in [0.25, 0.3) is 0 Å². The van der Waals surface area contributed by atoms with Crippen LogP contribution in [0.15, 0.2) is 18.2 Å². The van der Waals surface area contributed by atoms with Crippen molar-refractivity contribution in [2.45, 2.75) is 50.7 Å². The summed E-state index contributed by atoms with van der Waals surface area (Å²) in [6.45, 7) is 8.78. The summed E-state index contributed by atoms with van der Waals surface area (Å²) in [5.41, 5.74) is 3.89. The van der Waals surface area contributed by atoms with Crippen LogP contribution >= 0.6 is 11.8 Å². The first-order valence-corrected chi connectivity index (χ1v) is 7.92. The molecule has 1 aromatic rings. The number of rotatable bonds is 7. The summed E-state index contributed by atoms with van der Waals surface area (Å²) in [4.78, 5) is 0. The van der Waals surface area contributed by atoms with Gasteiger partial charge >= 0.3 is 0 Å². The zero-order valence-corrected chi connectivity index (χ0v) is 13.6. The standard InChI is InChI=1S/C16H27NOS/c1-12-6-13(2)8-15(7-12)10-19-14(3)9-16(4,11-18)17-5/h6-8,14,17-18H,9-11H2,1-5H3. The normalized spacial score (nSPS) is 16.1. The molecular formula is C16H27NOS. The number of aliphatic hydroxyl groups excluding tert-OH is 1. The topological polar surface area (TPSA) is 32.3 Å². The van der Waals surface area contributed by atoms with E-state index in [0.29, 0.717) is 5.25 Å². The smallest absolute Gasteiger partial charge is 0.0610 e. The van der Waals surface area contributed by atoms with Crippen molar-refractivity contribution in [3.05, 3.63) is 34.9 Å². The van der Waals surface area contributed by atoms with Crippen molar-refractivity contribution < 1.29 is 5.11 Å². The molecule has 2 nitrogen and oxygen atoms in total. The fourth-order valence-electron chi connectivity index (χ4n) is 2.33. The lowest BCUT2D eigenvalue weighted by Gasteiger charge is -2.29. The van der Waals surface area contributed by atoms with E-state index in [2.05, 4.69) is 51.2 Å². The van der Waals surface area contributed by atoms with Gasteiger partial charge in [-0.3, -0.25) is 0 Å². The molecular weight excluding hydrogens is 254 g/mol. The van der Waals surface area contributed by atoms with Crippen LogP contribution in [0.2, 0.25) is 0 Å². The molecule has 0 saturated heterocycles. The number of aliphatic hydroxyl groups is 1. The average Bonchev–Trinajstić information content (AvgIpc) is 2.35. The largest absolute Gasteiger partial charge is 0.394 e. The molecule has 0 fully saturated rings. The van der Waals surface area contributed by atoms with E-state index in [4.69, 9.17) is 0 Å². The number of benzene rings is 1. The average molecular weight is 281 g/mol. The molecule has 0 bridgehead atoms. The van der Waals surface area contributed by atoms with E-state index in [1.165, 1.54) is 16.7 Å². The molecule has 2 atom stereocenters. The van der Waals surface area contributed by atoms with E-state index in [0.717, 1.165) is 12.2 Å². The highest BCUT2D eigenvalue weighted by Crippen LogP contribution is 2.25. The number of thioether (sulfide) groups is 1. The van der Waals surface area contributed by atoms with Gasteiger partial charge in [-0.05, 0) is 39.8 Å². The zero-order valence-electron chi connectivity index (χ0n) is 12.8. The van der Waals surface area contributed by atoms with Crippen LogP contribution in [0.5, 0.6) is 0 Å². The van der Waals surface area contributed by atoms with E-state index in [-0.39, 0.29) is 12.1 Å². The third kappa shape index (κ3) is 5.55. The number of aryl methyl sites for hydroxylation is 2. The summed E-state index contributed by atoms with van der Waals surface area (Å²) < 4.78 is 0. The molecule has 0 aliphatic rings. The molecule has 0 saturated carbocycles. The summed E-state index contributed by atoms with van der Waals surface area (Å²) in [5.74, 6) is 1.04. The molecule has 0 amide bonds. The highest BCUT2D eigenvalue weighted by Gasteiger charge is 2.23. The SMILES string of the molecule is CNC(C)(CO)CC(C)SCc1cc(C)cc(C)c1. The molecule has 2 N–H and O–H groups in total. The van der Waals surface area contributed by atoms with Gasteiger partial charge in [-0.25, -0.2) is 0 Å². The molecule has 0 heterocycles. The minimum Gasteiger partial charge on any atom is -0.394 e. The Bertz CT molecular complexity index is 381. The number of likely N-dealkylation sites (N-methyl/N-ethyl adjacent to an activating group) is 1. The lowest BCUT2D eigenvalue weighted by molar-refractivity contribution is 0.174. The van der Waals surface area contributed by atoms with Gasteiger partial charge in [-0.1, -0.05) is 36.2 Å². The second-order valence-electron chi connectivity index (χ2n) is 5.79. The van der Waals surface area contributed by atoms with Crippen molar-refractivity contribution in [3.8, 4) is 0 Å². The van der Waals surface area contributed by atoms with Crippen LogP contribution in [0, 0.1) is 13.8 Å². The molecule has 2 unspecified atom stereocenters. The number of hydrogen-bond acceptors (Lipinski definition) is 3. The van der Waals surface area contributed by atoms with E-state index in [9.17, 15) is 5.11 Å². The summed E-state index contributed by atoms with van der Waals surface area (Å²) in [6.07, 6.45) is 0.968. The molecule has 0 aromatic heterocycles. The van der Waals surface area contributed by atoms with Gasteiger partial charge in [0.2, 0.25) is 0 Å². The third-order valence-electron chi connectivity index (χ3n) is 3.51. The maximum absolute atomic E-state index is 9.42. The van der Waals surface area contributed by atoms with Gasteiger partial charge in [0.05, 0.1) is 6.61 Å². The Balaban J connectivity index is 2.52. The monoisotopic (exact) mass is 281 g/mol. The van der Waals surface area contributed by atoms with Gasteiger partial charge in [0.15, 0.2) is 0 Å². The van der Waals surface area contributed by atoms with E-state index in [1.54, 1.807) is 0 Å². The zero-order chi connectivity index (χ0) is 14.5. The van der Waals surface area contributed by atoms with Crippen molar-refractivity contribution in [2.24, 2.45) is 0 Å². The maximum Gasteiger partial charge on any atom is 0.0610 e. The van der Waals surface area contributed by atoms with Gasteiger partial charge in [0, 0.05) is 16.5 Å². The van der Waals surface area contributed by atoms with Crippen LogP contribution in [-0.4, -0.2) is 29.5 Å². The summed E-state index contributed by atoms with van der Waals surface area (Å²) in [6, 6.07) is 6.73. The van der Waals surface area contributed by atoms with Crippen molar-refractivity contribution in [3.63, 3.8) is 0 Å². The fraction of sp³-hybridized carbons (Fsp3) is 0.625. The van der Waals surface area contributed by atoms with Crippen LogP contribution < -0.4 is 5.32 Å². The van der Waals surface area contributed by atoms with Gasteiger partial charge in [0.25, 0.3) is 0 Å². The van der Waals surface area contributed by atoms with E-state index >= 15 is 0 Å². The Hall–Kier alpha value is -0.510. The second kappa shape index (κ2) is 7.32. The first kappa shape index (κ1) is 16.5. The van der Waals surface area contributed by atoms with Crippen molar-refractivity contribution in [1.82, 2.24) is 5.32 Å². The van der Waals surface area contributed by atoms with Crippen LogP contribution in [0.3, 0.4) is 0 Å². The van der Waals surface area contributed by atoms with Crippen LogP contribution in [0.4, 0.5) is 0 Å². The predicted octanol–water partition coefficient (Wildman–Crippen LogP) is 3.29. The maximum atomic E-state index is 9.42. The molecule has 0 aliphatic heterocycles. The first-order chi connectivity index (χ1) is 8.88. The third-order valence-corrected chi connectivity index (χ3v) is 4.74. The molecule has 19 heavy (non-hydrogen) atoms. The lowest BCUT2D eigenvalue weighted by atomic mass is 9.97. The van der Waals surface area contributed by atoms with E-state index in [1.807, 2.05) is 18.8 Å². The summed E-state index contributed by atoms with van der Waals surface area (Å²) in [5, 5.41) is 13.2. The lowest BCUT2D eigenvalue weighted by Crippen LogP contribution is -2.45. The number of nitrogens with one attached hydrogen (secondary N) is 1. The van der Waals surface area contributed by atoms with Crippen molar-refractivity contribution in [1.29, 1.82) is 0 Å². The first-order valence-electron chi connectivity index (χ1n) is 6.87. The van der Waals surface area contributed by atoms with Crippen molar-refractivity contribution >= 4 is 11.8 Å². The van der Waals surface area contributed by atoms with Gasteiger partial charge in [-0.15, -0.1) is 0 Å². The molecule has 3 heteroatoms. The van der Waals surface area contributed by atoms with Crippen molar-refractivity contribution in [2.75, 3.05) is 13.7 Å². The molecule has 108 valence electrons. The summed E-state index contributed by atoms with van der Waals surface area (Å²) >= 11 is 1.95. The van der Waals surface area contributed by atoms with Gasteiger partial charge in [-0.2, -0.15) is 11.8 Å². The van der Waals surface area contributed by atoms with E-state index < -0.39 is 0 Å². The highest BCUT2D eigenvalue weighted by molar-refractivity contribution is 7.99. The van der Waals surface area contributed by atoms with Crippen LogP contribution in [-0.2, 0) is 5.75 Å². The molecule has 0 radical (unpaired) electrons. The van der Waals surface area contributed by atoms with Gasteiger partial charge in [0.1, 0.15) is 0 Å². The molecule has 0 aliphatic carbocycles. The Morgan fingerprint density at radius 1 is 1.26 bits per heavy atom. The Labute approximate surface area is 122 Å². The highest BCUT2D eigenvalue weighted by atomic mass is 32.2. The molecule has 1 aromatic carbocycles. The van der Waals surface area contributed by atoms with Crippen LogP contribution in [0.1, 0.15) is 37.0 Å². The Morgan fingerprint density at radius 2 is 1.84 bits per heavy atom. The minimum atomic E-state index is -0.172. The summed E-state index contributed by atoms with van der Waals surface area (Å²) in [7, 11) is 1.91. The predicted molar refractivity (Wildman–Crippen MR) is 85.8 cm³/mol. The van der Waals surface area contributed by atoms with Gasteiger partial charge < -0.3 is 10.4 Å². The second-order valence-corrected chi connectivity index (χ2v) is 7.22. The number of hydrogen-bond donors (Lipinski definition) is 2. The fourth-order valence-corrected chi connectivity index (χ4v) is 3.46.